The first-order valence-electron chi connectivity index (χ1n) is 11.1. The summed E-state index contributed by atoms with van der Waals surface area (Å²) in [6.45, 7) is 0.556. The monoisotopic (exact) mass is 553 g/mol. The zero-order valence-electron chi connectivity index (χ0n) is 18.9. The van der Waals surface area contributed by atoms with Gasteiger partial charge in [0.1, 0.15) is 29.6 Å². The van der Waals surface area contributed by atoms with Crippen molar-refractivity contribution in [1.82, 2.24) is 9.62 Å². The smallest absolute Gasteiger partial charge is 0.288 e. The van der Waals surface area contributed by atoms with Gasteiger partial charge >= 0.3 is 0 Å². The van der Waals surface area contributed by atoms with Crippen LogP contribution in [0.4, 0.5) is 22.0 Å². The number of halogens is 6. The number of amides is 1. The van der Waals surface area contributed by atoms with Crippen molar-refractivity contribution >= 4 is 27.9 Å². The molecule has 1 unspecified atom stereocenters. The fourth-order valence-corrected chi connectivity index (χ4v) is 5.39. The van der Waals surface area contributed by atoms with Crippen LogP contribution < -0.4 is 4.72 Å². The second-order valence-corrected chi connectivity index (χ2v) is 11.2. The maximum absolute atomic E-state index is 15.6. The number of carbonyl (C=O) groups excluding carboxylic acids is 1. The quantitative estimate of drug-likeness (QED) is 0.301. The van der Waals surface area contributed by atoms with Gasteiger partial charge in [0, 0.05) is 23.6 Å². The normalized spacial score (nSPS) is 24.9. The summed E-state index contributed by atoms with van der Waals surface area (Å²) in [5.41, 5.74) is -0.789. The lowest BCUT2D eigenvalue weighted by Gasteiger charge is -2.33. The molecule has 2 aromatic rings. The number of rotatable bonds is 7. The molecule has 0 aliphatic carbocycles. The van der Waals surface area contributed by atoms with Gasteiger partial charge in [0.25, 0.3) is 22.2 Å². The van der Waals surface area contributed by atoms with E-state index in [9.17, 15) is 22.3 Å². The van der Waals surface area contributed by atoms with Crippen LogP contribution in [0.15, 0.2) is 30.3 Å². The van der Waals surface area contributed by atoms with Crippen LogP contribution in [-0.4, -0.2) is 58.4 Å². The summed E-state index contributed by atoms with van der Waals surface area (Å²) in [6, 6.07) is 1.85. The highest BCUT2D eigenvalue weighted by Crippen LogP contribution is 2.38. The number of hydrogen-bond donors (Lipinski definition) is 2. The molecule has 1 amide bonds. The second kappa shape index (κ2) is 9.97. The van der Waals surface area contributed by atoms with E-state index in [1.165, 1.54) is 25.1 Å². The van der Waals surface area contributed by atoms with Gasteiger partial charge in [-0.15, -0.1) is 0 Å². The Labute approximate surface area is 210 Å². The van der Waals surface area contributed by atoms with Gasteiger partial charge in [0.15, 0.2) is 5.75 Å². The topological polar surface area (TPSA) is 78.9 Å². The van der Waals surface area contributed by atoms with E-state index in [1.807, 2.05) is 0 Å². The van der Waals surface area contributed by atoms with Gasteiger partial charge < -0.3 is 9.64 Å². The van der Waals surface area contributed by atoms with E-state index < -0.39 is 75.9 Å². The van der Waals surface area contributed by atoms with Crippen LogP contribution >= 0.6 is 11.6 Å². The van der Waals surface area contributed by atoms with Gasteiger partial charge in [0.05, 0.1) is 24.2 Å². The molecule has 0 saturated carbocycles. The molecule has 2 aliphatic rings. The third kappa shape index (κ3) is 5.14. The summed E-state index contributed by atoms with van der Waals surface area (Å²) < 4.78 is 103. The molecule has 6 nitrogen and oxygen atoms in total. The lowest BCUT2D eigenvalue weighted by molar-refractivity contribution is -0.158. The van der Waals surface area contributed by atoms with Gasteiger partial charge in [-0.2, -0.15) is 4.55 Å². The summed E-state index contributed by atoms with van der Waals surface area (Å²) in [6.07, 6.45) is -1.09. The number of hydrogen-bond acceptors (Lipinski definition) is 3. The molecule has 2 fully saturated rings. The van der Waals surface area contributed by atoms with Crippen molar-refractivity contribution < 1.29 is 40.2 Å². The average molecular weight is 554 g/mol. The Morgan fingerprint density at radius 3 is 2.56 bits per heavy atom. The second-order valence-electron chi connectivity index (χ2n) is 8.70. The molecule has 0 bridgehead atoms. The number of ether oxygens (including phenoxy) is 1. The van der Waals surface area contributed by atoms with E-state index in [0.717, 1.165) is 11.0 Å². The summed E-state index contributed by atoms with van der Waals surface area (Å²) in [5, 5.41) is -0.439. The molecule has 2 saturated heterocycles. The van der Waals surface area contributed by atoms with E-state index in [1.54, 1.807) is 0 Å². The highest BCUT2D eigenvalue weighted by atomic mass is 35.5. The van der Waals surface area contributed by atoms with Crippen LogP contribution in [0.2, 0.25) is 5.02 Å². The van der Waals surface area contributed by atoms with Crippen molar-refractivity contribution in [1.29, 1.82) is 0 Å². The zero-order chi connectivity index (χ0) is 26.4. The summed E-state index contributed by atoms with van der Waals surface area (Å²) in [7, 11) is -3.88. The zero-order valence-corrected chi connectivity index (χ0v) is 20.5. The van der Waals surface area contributed by atoms with Gasteiger partial charge in [-0.3, -0.25) is 4.79 Å². The highest BCUT2D eigenvalue weighted by molar-refractivity contribution is 7.95. The Morgan fingerprint density at radius 1 is 1.25 bits per heavy atom. The molecule has 4 atom stereocenters. The summed E-state index contributed by atoms with van der Waals surface area (Å²) in [4.78, 5) is 13.7. The standard InChI is InChI=1S/C23H22ClF5N2O4S/c1-2-36(33,34)30-21-18(31(11-23(21,28)29)22(32)19-6-7-35-19)8-12-4-3-5-13(20(12)27)14-9-15(24)17(26)10-16(14)25/h3-5,9-10,18-19,21H,2,6-8,11H2,1H3,(H-,30,33,34)/p+1/t18-,19+,21+/m0/s1. The SMILES string of the molecule is CC[S+](=O)(O)N[C@@H]1[C@H](Cc2cccc(-c3cc(Cl)c(F)cc3F)c2F)N(C(=O)[C@H]2CCO2)CC1(F)F. The van der Waals surface area contributed by atoms with Crippen molar-refractivity contribution in [3.63, 3.8) is 0 Å². The molecule has 13 heteroatoms. The van der Waals surface area contributed by atoms with Gasteiger partial charge in [-0.25, -0.2) is 22.0 Å². The van der Waals surface area contributed by atoms with E-state index >= 15 is 13.2 Å². The van der Waals surface area contributed by atoms with E-state index in [-0.39, 0.29) is 29.1 Å². The minimum atomic E-state index is -3.88. The Balaban J connectivity index is 1.74. The Morgan fingerprint density at radius 2 is 1.94 bits per heavy atom. The predicted molar refractivity (Wildman–Crippen MR) is 123 cm³/mol. The fraction of sp³-hybridized carbons (Fsp3) is 0.435. The van der Waals surface area contributed by atoms with Gasteiger partial charge in [0.2, 0.25) is 0 Å². The molecule has 196 valence electrons. The molecule has 0 radical (unpaired) electrons. The number of nitrogens with zero attached hydrogens (tertiary/aromatic N) is 1. The third-order valence-electron chi connectivity index (χ3n) is 6.39. The van der Waals surface area contributed by atoms with E-state index in [0.29, 0.717) is 12.5 Å². The van der Waals surface area contributed by atoms with E-state index in [4.69, 9.17) is 16.3 Å². The molecule has 0 aromatic heterocycles. The number of benzene rings is 2. The van der Waals surface area contributed by atoms with Crippen LogP contribution in [0, 0.1) is 17.5 Å². The highest BCUT2D eigenvalue weighted by Gasteiger charge is 2.60. The summed E-state index contributed by atoms with van der Waals surface area (Å²) >= 11 is 5.73. The fourth-order valence-electron chi connectivity index (χ4n) is 4.34. The van der Waals surface area contributed by atoms with Gasteiger partial charge in [-0.05, 0) is 29.2 Å². The largest absolute Gasteiger partial charge is 0.368 e. The summed E-state index contributed by atoms with van der Waals surface area (Å²) in [5.74, 6) is -7.82. The molecule has 0 spiro atoms. The molecule has 2 heterocycles. The predicted octanol–water partition coefficient (Wildman–Crippen LogP) is 4.47. The van der Waals surface area contributed by atoms with E-state index in [2.05, 4.69) is 4.72 Å². The van der Waals surface area contributed by atoms with Crippen LogP contribution in [0.1, 0.15) is 18.9 Å². The Hall–Kier alpha value is -2.12. The van der Waals surface area contributed by atoms with Crippen LogP contribution in [0.3, 0.4) is 0 Å². The lowest BCUT2D eigenvalue weighted by Crippen LogP contribution is -2.55. The molecule has 36 heavy (non-hydrogen) atoms. The lowest BCUT2D eigenvalue weighted by atomic mass is 9.95. The number of nitrogens with one attached hydrogen (secondary N) is 1. The molecular weight excluding hydrogens is 531 g/mol. The molecule has 2 aromatic carbocycles. The molecular formula is C23H23ClF5N2O4S+. The van der Waals surface area contributed by atoms with Crippen molar-refractivity contribution in [2.45, 2.75) is 43.9 Å². The minimum absolute atomic E-state index is 0.157. The Kier molecular flexibility index (Phi) is 7.46. The first kappa shape index (κ1) is 26.9. The minimum Gasteiger partial charge on any atom is -0.368 e. The van der Waals surface area contributed by atoms with Crippen LogP contribution in [0.5, 0.6) is 0 Å². The maximum Gasteiger partial charge on any atom is 0.288 e. The van der Waals surface area contributed by atoms with Crippen molar-refractivity contribution in [2.75, 3.05) is 18.9 Å². The average Bonchev–Trinajstić information content (AvgIpc) is 3.01. The first-order chi connectivity index (χ1) is 16.8. The molecule has 2 N–H and O–H groups in total. The van der Waals surface area contributed by atoms with Crippen LogP contribution in [0.25, 0.3) is 11.1 Å². The first-order valence-corrected chi connectivity index (χ1v) is 13.1. The molecule has 4 rings (SSSR count). The van der Waals surface area contributed by atoms with Gasteiger partial charge in [-0.1, -0.05) is 34.5 Å². The molecule has 2 aliphatic heterocycles. The van der Waals surface area contributed by atoms with Crippen LogP contribution in [-0.2, 0) is 30.6 Å². The number of likely N-dealkylation sites (tertiary alicyclic amines) is 1. The number of alkyl halides is 2. The Bertz CT molecular complexity index is 1230. The number of carbonyl (C=O) groups is 1. The van der Waals surface area contributed by atoms with Crippen molar-refractivity contribution in [2.24, 2.45) is 0 Å². The maximum atomic E-state index is 15.6. The van der Waals surface area contributed by atoms with Crippen molar-refractivity contribution in [3.05, 3.63) is 58.4 Å². The third-order valence-corrected chi connectivity index (χ3v) is 8.08. The van der Waals surface area contributed by atoms with Crippen molar-refractivity contribution in [3.8, 4) is 11.1 Å².